The van der Waals surface area contributed by atoms with Crippen molar-refractivity contribution in [3.05, 3.63) is 22.8 Å². The molecule has 0 saturated carbocycles. The number of hydrogen-bond acceptors (Lipinski definition) is 5. The van der Waals surface area contributed by atoms with Crippen LogP contribution < -0.4 is 5.32 Å². The van der Waals surface area contributed by atoms with Crippen LogP contribution in [0.1, 0.15) is 61.2 Å². The first-order valence-corrected chi connectivity index (χ1v) is 7.56. The predicted molar refractivity (Wildman–Crippen MR) is 78.3 cm³/mol. The number of ether oxygens (including phenoxy) is 1. The van der Waals surface area contributed by atoms with Crippen LogP contribution in [0, 0.1) is 0 Å². The zero-order chi connectivity index (χ0) is 15.5. The number of hydrogen-bond donors (Lipinski definition) is 2. The number of aromatic carboxylic acids is 1. The third-order valence-corrected chi connectivity index (χ3v) is 4.11. The summed E-state index contributed by atoms with van der Waals surface area (Å²) in [7, 11) is 0. The summed E-state index contributed by atoms with van der Waals surface area (Å²) in [4.78, 5) is 20.5. The minimum Gasteiger partial charge on any atom is -0.477 e. The Balaban J connectivity index is 2.58. The lowest BCUT2D eigenvalue weighted by Gasteiger charge is -2.31. The summed E-state index contributed by atoms with van der Waals surface area (Å²) < 4.78 is 5.90. The van der Waals surface area contributed by atoms with Crippen LogP contribution in [0.2, 0.25) is 0 Å². The van der Waals surface area contributed by atoms with E-state index in [0.29, 0.717) is 38.2 Å². The van der Waals surface area contributed by atoms with Gasteiger partial charge in [-0.1, -0.05) is 13.8 Å². The van der Waals surface area contributed by atoms with E-state index in [1.807, 2.05) is 20.8 Å². The van der Waals surface area contributed by atoms with Crippen LogP contribution in [0.15, 0.2) is 0 Å². The maximum atomic E-state index is 11.5. The molecule has 1 aromatic heterocycles. The highest BCUT2D eigenvalue weighted by molar-refractivity contribution is 5.87. The SMILES string of the molecule is CCOC(CC)(CC)c1nc2c(c(C(=O)O)n1)CCNC2. The first kappa shape index (κ1) is 15.9. The van der Waals surface area contributed by atoms with E-state index in [1.165, 1.54) is 0 Å². The fraction of sp³-hybridized carbons (Fsp3) is 0.667. The van der Waals surface area contributed by atoms with Crippen molar-refractivity contribution in [2.24, 2.45) is 0 Å². The molecule has 1 aromatic rings. The molecule has 0 spiro atoms. The molecule has 0 aromatic carbocycles. The number of carboxylic acids is 1. The normalized spacial score (nSPS) is 14.8. The Kier molecular flexibility index (Phi) is 4.90. The molecule has 6 nitrogen and oxygen atoms in total. The lowest BCUT2D eigenvalue weighted by Crippen LogP contribution is -2.35. The van der Waals surface area contributed by atoms with Crippen LogP contribution in [0.5, 0.6) is 0 Å². The monoisotopic (exact) mass is 293 g/mol. The molecule has 0 unspecified atom stereocenters. The van der Waals surface area contributed by atoms with Crippen LogP contribution in [0.25, 0.3) is 0 Å². The van der Waals surface area contributed by atoms with Crippen LogP contribution in [-0.4, -0.2) is 34.2 Å². The predicted octanol–water partition coefficient (Wildman–Crippen LogP) is 1.87. The van der Waals surface area contributed by atoms with E-state index in [1.54, 1.807) is 0 Å². The molecule has 1 aliphatic heterocycles. The van der Waals surface area contributed by atoms with Crippen molar-refractivity contribution in [2.45, 2.75) is 52.2 Å². The molecule has 0 saturated heterocycles. The lowest BCUT2D eigenvalue weighted by molar-refractivity contribution is -0.0574. The molecule has 0 aliphatic carbocycles. The van der Waals surface area contributed by atoms with Gasteiger partial charge >= 0.3 is 5.97 Å². The van der Waals surface area contributed by atoms with Gasteiger partial charge < -0.3 is 15.2 Å². The maximum Gasteiger partial charge on any atom is 0.354 e. The average molecular weight is 293 g/mol. The Morgan fingerprint density at radius 2 is 2.05 bits per heavy atom. The van der Waals surface area contributed by atoms with Gasteiger partial charge in [-0.05, 0) is 32.7 Å². The van der Waals surface area contributed by atoms with Crippen LogP contribution in [0.4, 0.5) is 0 Å². The molecular formula is C15H23N3O3. The molecule has 0 bridgehead atoms. The van der Waals surface area contributed by atoms with Gasteiger partial charge in [0.15, 0.2) is 11.5 Å². The second-order valence-electron chi connectivity index (χ2n) is 5.19. The number of nitrogens with zero attached hydrogens (tertiary/aromatic N) is 2. The fourth-order valence-corrected chi connectivity index (χ4v) is 2.85. The quantitative estimate of drug-likeness (QED) is 0.833. The Hall–Kier alpha value is -1.53. The smallest absolute Gasteiger partial charge is 0.354 e. The highest BCUT2D eigenvalue weighted by Crippen LogP contribution is 2.32. The summed E-state index contributed by atoms with van der Waals surface area (Å²) in [6.07, 6.45) is 2.07. The molecule has 2 rings (SSSR count). The van der Waals surface area contributed by atoms with Gasteiger partial charge in [0.1, 0.15) is 5.60 Å². The van der Waals surface area contributed by atoms with Gasteiger partial charge in [0.25, 0.3) is 0 Å². The second-order valence-corrected chi connectivity index (χ2v) is 5.19. The van der Waals surface area contributed by atoms with Gasteiger partial charge in [-0.2, -0.15) is 0 Å². The van der Waals surface area contributed by atoms with Gasteiger partial charge in [-0.3, -0.25) is 0 Å². The van der Waals surface area contributed by atoms with Crippen molar-refractivity contribution >= 4 is 5.97 Å². The molecular weight excluding hydrogens is 270 g/mol. The fourth-order valence-electron chi connectivity index (χ4n) is 2.85. The summed E-state index contributed by atoms with van der Waals surface area (Å²) in [5.74, 6) is -0.497. The summed E-state index contributed by atoms with van der Waals surface area (Å²) in [6, 6.07) is 0. The third kappa shape index (κ3) is 2.91. The Labute approximate surface area is 124 Å². The van der Waals surface area contributed by atoms with E-state index < -0.39 is 11.6 Å². The number of carbonyl (C=O) groups is 1. The summed E-state index contributed by atoms with van der Waals surface area (Å²) in [5.41, 5.74) is 1.06. The zero-order valence-electron chi connectivity index (χ0n) is 12.9. The summed E-state index contributed by atoms with van der Waals surface area (Å²) in [5, 5.41) is 12.7. The van der Waals surface area contributed by atoms with Gasteiger partial charge in [0.05, 0.1) is 5.69 Å². The maximum absolute atomic E-state index is 11.5. The summed E-state index contributed by atoms with van der Waals surface area (Å²) >= 11 is 0. The topological polar surface area (TPSA) is 84.3 Å². The molecule has 21 heavy (non-hydrogen) atoms. The van der Waals surface area contributed by atoms with Crippen molar-refractivity contribution in [3.63, 3.8) is 0 Å². The zero-order valence-corrected chi connectivity index (χ0v) is 12.9. The van der Waals surface area contributed by atoms with Gasteiger partial charge in [-0.25, -0.2) is 14.8 Å². The van der Waals surface area contributed by atoms with E-state index in [4.69, 9.17) is 4.74 Å². The minimum atomic E-state index is -0.991. The molecule has 1 aliphatic rings. The van der Waals surface area contributed by atoms with Crippen molar-refractivity contribution in [1.29, 1.82) is 0 Å². The number of rotatable bonds is 6. The Morgan fingerprint density at radius 1 is 1.33 bits per heavy atom. The highest BCUT2D eigenvalue weighted by atomic mass is 16.5. The Morgan fingerprint density at radius 3 is 2.62 bits per heavy atom. The molecule has 0 radical (unpaired) electrons. The molecule has 0 amide bonds. The number of aromatic nitrogens is 2. The van der Waals surface area contributed by atoms with E-state index in [2.05, 4.69) is 15.3 Å². The highest BCUT2D eigenvalue weighted by Gasteiger charge is 2.35. The van der Waals surface area contributed by atoms with Crippen molar-refractivity contribution in [1.82, 2.24) is 15.3 Å². The standard InChI is InChI=1S/C15H23N3O3/c1-4-15(5-2,21-6-3)14-17-11-9-16-8-7-10(11)12(18-14)13(19)20/h16H,4-9H2,1-3H3,(H,19,20). The van der Waals surface area contributed by atoms with Crippen LogP contribution >= 0.6 is 0 Å². The third-order valence-electron chi connectivity index (χ3n) is 4.11. The van der Waals surface area contributed by atoms with Crippen molar-refractivity contribution in [2.75, 3.05) is 13.2 Å². The second kappa shape index (κ2) is 6.49. The summed E-state index contributed by atoms with van der Waals surface area (Å²) in [6.45, 7) is 7.84. The molecule has 116 valence electrons. The molecule has 0 fully saturated rings. The van der Waals surface area contributed by atoms with Crippen molar-refractivity contribution < 1.29 is 14.6 Å². The molecule has 2 heterocycles. The van der Waals surface area contributed by atoms with Crippen LogP contribution in [0.3, 0.4) is 0 Å². The van der Waals surface area contributed by atoms with E-state index in [-0.39, 0.29) is 5.69 Å². The number of carboxylic acid groups (broad SMARTS) is 1. The largest absolute Gasteiger partial charge is 0.477 e. The van der Waals surface area contributed by atoms with Gasteiger partial charge in [-0.15, -0.1) is 0 Å². The van der Waals surface area contributed by atoms with E-state index in [0.717, 1.165) is 17.8 Å². The number of nitrogens with one attached hydrogen (secondary N) is 1. The van der Waals surface area contributed by atoms with Crippen molar-refractivity contribution in [3.8, 4) is 0 Å². The average Bonchev–Trinajstić information content (AvgIpc) is 2.51. The number of fused-ring (bicyclic) bond motifs is 1. The molecule has 2 N–H and O–H groups in total. The minimum absolute atomic E-state index is 0.127. The van der Waals surface area contributed by atoms with E-state index in [9.17, 15) is 9.90 Å². The van der Waals surface area contributed by atoms with E-state index >= 15 is 0 Å². The Bertz CT molecular complexity index is 527. The molecule has 0 atom stereocenters. The molecule has 6 heteroatoms. The van der Waals surface area contributed by atoms with Gasteiger partial charge in [0.2, 0.25) is 0 Å². The van der Waals surface area contributed by atoms with Gasteiger partial charge in [0, 0.05) is 18.7 Å². The first-order chi connectivity index (χ1) is 10.1. The first-order valence-electron chi connectivity index (χ1n) is 7.56. The lowest BCUT2D eigenvalue weighted by atomic mass is 9.94. The van der Waals surface area contributed by atoms with Crippen LogP contribution in [-0.2, 0) is 23.3 Å².